The Labute approximate surface area is 89.1 Å². The second kappa shape index (κ2) is 6.19. The summed E-state index contributed by atoms with van der Waals surface area (Å²) in [6.45, 7) is 4.82. The van der Waals surface area contributed by atoms with Gasteiger partial charge in [0.15, 0.2) is 5.54 Å². The average molecular weight is 215 g/mol. The molecule has 0 aliphatic carbocycles. The van der Waals surface area contributed by atoms with Gasteiger partial charge in [0.05, 0.1) is 6.61 Å². The quantitative estimate of drug-likeness (QED) is 0.608. The van der Waals surface area contributed by atoms with Crippen molar-refractivity contribution in [1.82, 2.24) is 5.32 Å². The molecule has 5 heteroatoms. The molecule has 0 fully saturated rings. The second-order valence-corrected chi connectivity index (χ2v) is 3.45. The molecule has 15 heavy (non-hydrogen) atoms. The molecule has 0 aliphatic heterocycles. The number of carbonyl (C=O) groups is 2. The Balaban J connectivity index is 4.34. The molecule has 0 radical (unpaired) electrons. The predicted octanol–water partition coefficient (Wildman–Crippen LogP) is 0.558. The lowest BCUT2D eigenvalue weighted by Gasteiger charge is -2.25. The molecule has 0 saturated heterocycles. The number of carbonyl (C=O) groups excluding carboxylic acids is 1. The monoisotopic (exact) mass is 215 g/mol. The number of methoxy groups -OCH3 is 1. The van der Waals surface area contributed by atoms with Gasteiger partial charge in [0, 0.05) is 13.5 Å². The molecular formula is C10H17NO4. The number of rotatable bonds is 7. The van der Waals surface area contributed by atoms with Crippen LogP contribution >= 0.6 is 0 Å². The fourth-order valence-electron chi connectivity index (χ4n) is 1.04. The number of amides is 1. The summed E-state index contributed by atoms with van der Waals surface area (Å²) in [7, 11) is 1.39. The van der Waals surface area contributed by atoms with Crippen LogP contribution < -0.4 is 5.32 Å². The Kier molecular flexibility index (Phi) is 5.62. The summed E-state index contributed by atoms with van der Waals surface area (Å²) >= 11 is 0. The minimum Gasteiger partial charge on any atom is -0.479 e. The van der Waals surface area contributed by atoms with E-state index in [4.69, 9.17) is 9.84 Å². The average Bonchev–Trinajstić information content (AvgIpc) is 2.14. The molecule has 0 heterocycles. The van der Waals surface area contributed by atoms with Crippen LogP contribution in [0.1, 0.15) is 19.8 Å². The molecule has 0 aliphatic rings. The van der Waals surface area contributed by atoms with Crippen LogP contribution in [0.4, 0.5) is 0 Å². The standard InChI is InChI=1S/C10H17NO4/c1-4-5-6-8(12)11-10(2,7-15-3)9(13)14/h4H,1,5-7H2,2-3H3,(H,11,12)(H,13,14). The lowest BCUT2D eigenvalue weighted by molar-refractivity contribution is -0.149. The molecule has 1 atom stereocenters. The maximum Gasteiger partial charge on any atom is 0.331 e. The van der Waals surface area contributed by atoms with Gasteiger partial charge < -0.3 is 15.2 Å². The molecular weight excluding hydrogens is 198 g/mol. The zero-order valence-electron chi connectivity index (χ0n) is 9.08. The van der Waals surface area contributed by atoms with E-state index in [1.165, 1.54) is 14.0 Å². The van der Waals surface area contributed by atoms with Gasteiger partial charge in [-0.3, -0.25) is 4.79 Å². The topological polar surface area (TPSA) is 75.6 Å². The number of carboxylic acids is 1. The van der Waals surface area contributed by atoms with Crippen molar-refractivity contribution in [1.29, 1.82) is 0 Å². The van der Waals surface area contributed by atoms with Crippen molar-refractivity contribution < 1.29 is 19.4 Å². The van der Waals surface area contributed by atoms with Crippen molar-refractivity contribution in [3.8, 4) is 0 Å². The van der Waals surface area contributed by atoms with Crippen LogP contribution in [0, 0.1) is 0 Å². The SMILES string of the molecule is C=CCCC(=O)NC(C)(COC)C(=O)O. The third kappa shape index (κ3) is 4.60. The molecule has 0 bridgehead atoms. The van der Waals surface area contributed by atoms with Crippen molar-refractivity contribution in [3.63, 3.8) is 0 Å². The molecule has 1 unspecified atom stereocenters. The van der Waals surface area contributed by atoms with Gasteiger partial charge in [0.2, 0.25) is 5.91 Å². The van der Waals surface area contributed by atoms with Crippen molar-refractivity contribution in [2.75, 3.05) is 13.7 Å². The predicted molar refractivity (Wildman–Crippen MR) is 55.5 cm³/mol. The van der Waals surface area contributed by atoms with Crippen LogP contribution in [-0.2, 0) is 14.3 Å². The largest absolute Gasteiger partial charge is 0.479 e. The normalized spacial score (nSPS) is 14.0. The summed E-state index contributed by atoms with van der Waals surface area (Å²) in [5, 5.41) is 11.3. The summed E-state index contributed by atoms with van der Waals surface area (Å²) in [4.78, 5) is 22.2. The van der Waals surface area contributed by atoms with E-state index in [-0.39, 0.29) is 18.9 Å². The number of hydrogen-bond donors (Lipinski definition) is 2. The first-order valence-electron chi connectivity index (χ1n) is 4.60. The summed E-state index contributed by atoms with van der Waals surface area (Å²) in [6.07, 6.45) is 2.36. The minimum atomic E-state index is -1.37. The molecule has 2 N–H and O–H groups in total. The first kappa shape index (κ1) is 13.6. The number of hydrogen-bond acceptors (Lipinski definition) is 3. The molecule has 0 spiro atoms. The van der Waals surface area contributed by atoms with E-state index in [0.29, 0.717) is 6.42 Å². The lowest BCUT2D eigenvalue weighted by atomic mass is 10.0. The highest BCUT2D eigenvalue weighted by atomic mass is 16.5. The number of allylic oxidation sites excluding steroid dienone is 1. The molecule has 1 amide bonds. The summed E-state index contributed by atoms with van der Waals surface area (Å²) < 4.78 is 4.76. The van der Waals surface area contributed by atoms with Crippen molar-refractivity contribution in [2.24, 2.45) is 0 Å². The first-order valence-corrected chi connectivity index (χ1v) is 4.60. The van der Waals surface area contributed by atoms with Crippen LogP contribution in [0.15, 0.2) is 12.7 Å². The number of ether oxygens (including phenoxy) is 1. The maximum atomic E-state index is 11.3. The van der Waals surface area contributed by atoms with Gasteiger partial charge in [-0.2, -0.15) is 0 Å². The van der Waals surface area contributed by atoms with Crippen LogP contribution in [0.5, 0.6) is 0 Å². The van der Waals surface area contributed by atoms with Crippen LogP contribution in [0.25, 0.3) is 0 Å². The second-order valence-electron chi connectivity index (χ2n) is 3.45. The van der Waals surface area contributed by atoms with Crippen LogP contribution in [0.2, 0.25) is 0 Å². The molecule has 0 saturated carbocycles. The number of nitrogens with one attached hydrogen (secondary N) is 1. The van der Waals surface area contributed by atoms with Gasteiger partial charge in [-0.15, -0.1) is 6.58 Å². The minimum absolute atomic E-state index is 0.0673. The van der Waals surface area contributed by atoms with Crippen molar-refractivity contribution in [2.45, 2.75) is 25.3 Å². The van der Waals surface area contributed by atoms with E-state index >= 15 is 0 Å². The summed E-state index contributed by atoms with van der Waals surface area (Å²) in [5.74, 6) is -1.44. The smallest absolute Gasteiger partial charge is 0.331 e. The molecule has 0 aromatic carbocycles. The Morgan fingerprint density at radius 3 is 2.60 bits per heavy atom. The van der Waals surface area contributed by atoms with Gasteiger partial charge in [0.1, 0.15) is 0 Å². The highest BCUT2D eigenvalue weighted by molar-refractivity contribution is 5.86. The molecule has 0 aromatic heterocycles. The Hall–Kier alpha value is -1.36. The van der Waals surface area contributed by atoms with Crippen LogP contribution in [-0.4, -0.2) is 36.2 Å². The summed E-state index contributed by atoms with van der Waals surface area (Å²) in [6, 6.07) is 0. The highest BCUT2D eigenvalue weighted by Crippen LogP contribution is 2.05. The van der Waals surface area contributed by atoms with E-state index in [0.717, 1.165) is 0 Å². The van der Waals surface area contributed by atoms with Crippen molar-refractivity contribution in [3.05, 3.63) is 12.7 Å². The van der Waals surface area contributed by atoms with Gasteiger partial charge in [-0.25, -0.2) is 4.79 Å². The molecule has 0 aromatic rings. The zero-order valence-corrected chi connectivity index (χ0v) is 9.08. The Bertz CT molecular complexity index is 252. The van der Waals surface area contributed by atoms with Gasteiger partial charge >= 0.3 is 5.97 Å². The Morgan fingerprint density at radius 1 is 1.60 bits per heavy atom. The molecule has 0 rings (SSSR count). The fourth-order valence-corrected chi connectivity index (χ4v) is 1.04. The van der Waals surface area contributed by atoms with Crippen LogP contribution in [0.3, 0.4) is 0 Å². The number of carboxylic acid groups (broad SMARTS) is 1. The van der Waals surface area contributed by atoms with Gasteiger partial charge in [0.25, 0.3) is 0 Å². The molecule has 86 valence electrons. The zero-order chi connectivity index (χ0) is 11.9. The number of aliphatic carboxylic acids is 1. The highest BCUT2D eigenvalue weighted by Gasteiger charge is 2.34. The third-order valence-corrected chi connectivity index (χ3v) is 1.90. The van der Waals surface area contributed by atoms with Gasteiger partial charge in [-0.05, 0) is 13.3 Å². The first-order chi connectivity index (χ1) is 6.96. The summed E-state index contributed by atoms with van der Waals surface area (Å²) in [5.41, 5.74) is -1.37. The molecule has 5 nitrogen and oxygen atoms in total. The maximum absolute atomic E-state index is 11.3. The fraction of sp³-hybridized carbons (Fsp3) is 0.600. The van der Waals surface area contributed by atoms with E-state index in [1.807, 2.05) is 0 Å². The Morgan fingerprint density at radius 2 is 2.20 bits per heavy atom. The van der Waals surface area contributed by atoms with E-state index in [9.17, 15) is 9.59 Å². The van der Waals surface area contributed by atoms with Gasteiger partial charge in [-0.1, -0.05) is 6.08 Å². The van der Waals surface area contributed by atoms with E-state index < -0.39 is 11.5 Å². The van der Waals surface area contributed by atoms with Crippen molar-refractivity contribution >= 4 is 11.9 Å². The lowest BCUT2D eigenvalue weighted by Crippen LogP contribution is -2.55. The van der Waals surface area contributed by atoms with E-state index in [2.05, 4.69) is 11.9 Å². The third-order valence-electron chi connectivity index (χ3n) is 1.90. The van der Waals surface area contributed by atoms with E-state index in [1.54, 1.807) is 6.08 Å².